The number of aliphatic imine (C=N–C) groups is 1. The van der Waals surface area contributed by atoms with E-state index in [1.165, 1.54) is 0 Å². The summed E-state index contributed by atoms with van der Waals surface area (Å²) in [6.07, 6.45) is 1.69. The van der Waals surface area contributed by atoms with Crippen molar-refractivity contribution in [1.29, 1.82) is 5.41 Å². The van der Waals surface area contributed by atoms with Gasteiger partial charge in [0.1, 0.15) is 11.6 Å². The summed E-state index contributed by atoms with van der Waals surface area (Å²) in [6.45, 7) is 9.96. The van der Waals surface area contributed by atoms with Gasteiger partial charge in [-0.05, 0) is 20.3 Å². The summed E-state index contributed by atoms with van der Waals surface area (Å²) in [5.41, 5.74) is 1.03. The SMILES string of the molecule is C=C(C)ON(C)CC/C(CC)=N\C(C)=N. The standard InChI is InChI=1S/C11H21N3O/c1-6-11(13-10(4)12)7-8-14(5)15-9(2)3/h12H,2,6-8H2,1,3-5H3/b12-10?,13-11-. The molecule has 1 N–H and O–H groups in total. The van der Waals surface area contributed by atoms with Gasteiger partial charge in [-0.2, -0.15) is 0 Å². The fourth-order valence-electron chi connectivity index (χ4n) is 1.15. The number of hydroxylamine groups is 2. The third-order valence-corrected chi connectivity index (χ3v) is 1.76. The first kappa shape index (κ1) is 13.8. The lowest BCUT2D eigenvalue weighted by Gasteiger charge is -2.17. The molecule has 0 aliphatic rings. The number of nitrogens with one attached hydrogen (secondary N) is 1. The van der Waals surface area contributed by atoms with E-state index >= 15 is 0 Å². The number of rotatable bonds is 6. The van der Waals surface area contributed by atoms with E-state index in [9.17, 15) is 0 Å². The summed E-state index contributed by atoms with van der Waals surface area (Å²) < 4.78 is 0. The minimum atomic E-state index is 0.357. The minimum Gasteiger partial charge on any atom is -0.412 e. The van der Waals surface area contributed by atoms with Gasteiger partial charge >= 0.3 is 0 Å². The maximum Gasteiger partial charge on any atom is 0.117 e. The van der Waals surface area contributed by atoms with Crippen LogP contribution in [0.25, 0.3) is 0 Å². The second kappa shape index (κ2) is 7.17. The highest BCUT2D eigenvalue weighted by Crippen LogP contribution is 2.00. The number of hydrogen-bond acceptors (Lipinski definition) is 3. The van der Waals surface area contributed by atoms with Gasteiger partial charge in [0.15, 0.2) is 0 Å². The van der Waals surface area contributed by atoms with Crippen molar-refractivity contribution >= 4 is 11.5 Å². The molecule has 0 fully saturated rings. The molecule has 4 heteroatoms. The average Bonchev–Trinajstić information content (AvgIpc) is 2.10. The molecule has 0 radical (unpaired) electrons. The van der Waals surface area contributed by atoms with Gasteiger partial charge in [0.2, 0.25) is 0 Å². The van der Waals surface area contributed by atoms with Gasteiger partial charge in [-0.15, -0.1) is 5.06 Å². The van der Waals surface area contributed by atoms with E-state index in [1.54, 1.807) is 12.0 Å². The predicted octanol–water partition coefficient (Wildman–Crippen LogP) is 2.62. The summed E-state index contributed by atoms with van der Waals surface area (Å²) in [5.74, 6) is 1.03. The summed E-state index contributed by atoms with van der Waals surface area (Å²) in [6, 6.07) is 0. The Labute approximate surface area is 92.1 Å². The molecule has 0 rings (SSSR count). The van der Waals surface area contributed by atoms with Gasteiger partial charge in [0.25, 0.3) is 0 Å². The van der Waals surface area contributed by atoms with Gasteiger partial charge in [0.05, 0.1) is 0 Å². The zero-order valence-electron chi connectivity index (χ0n) is 10.1. The molecule has 0 aliphatic heterocycles. The van der Waals surface area contributed by atoms with E-state index in [0.717, 1.165) is 25.1 Å². The second-order valence-electron chi connectivity index (χ2n) is 3.51. The molecule has 4 nitrogen and oxygen atoms in total. The van der Waals surface area contributed by atoms with Crippen LogP contribution in [-0.2, 0) is 4.84 Å². The lowest BCUT2D eigenvalue weighted by atomic mass is 10.2. The minimum absolute atomic E-state index is 0.357. The van der Waals surface area contributed by atoms with E-state index in [-0.39, 0.29) is 0 Å². The Bertz CT molecular complexity index is 259. The van der Waals surface area contributed by atoms with Gasteiger partial charge in [-0.1, -0.05) is 13.5 Å². The van der Waals surface area contributed by atoms with Crippen LogP contribution in [0.4, 0.5) is 0 Å². The van der Waals surface area contributed by atoms with Crippen molar-refractivity contribution < 1.29 is 4.84 Å². The predicted molar refractivity (Wildman–Crippen MR) is 64.3 cm³/mol. The molecule has 0 bridgehead atoms. The Morgan fingerprint density at radius 2 is 2.07 bits per heavy atom. The Hall–Kier alpha value is -1.16. The molecule has 0 amide bonds. The largest absolute Gasteiger partial charge is 0.412 e. The van der Waals surface area contributed by atoms with Crippen LogP contribution < -0.4 is 0 Å². The molecule has 0 unspecified atom stereocenters. The van der Waals surface area contributed by atoms with Gasteiger partial charge in [-0.25, -0.2) is 4.99 Å². The second-order valence-corrected chi connectivity index (χ2v) is 3.51. The quantitative estimate of drug-likeness (QED) is 0.318. The van der Waals surface area contributed by atoms with Crippen molar-refractivity contribution in [3.8, 4) is 0 Å². The molecule has 0 saturated heterocycles. The zero-order valence-corrected chi connectivity index (χ0v) is 10.1. The van der Waals surface area contributed by atoms with Gasteiger partial charge in [-0.3, -0.25) is 5.41 Å². The topological polar surface area (TPSA) is 48.7 Å². The van der Waals surface area contributed by atoms with Crippen molar-refractivity contribution in [1.82, 2.24) is 5.06 Å². The van der Waals surface area contributed by atoms with Crippen LogP contribution in [0, 0.1) is 5.41 Å². The maximum absolute atomic E-state index is 7.28. The van der Waals surface area contributed by atoms with Gasteiger partial charge in [0, 0.05) is 25.7 Å². The third-order valence-electron chi connectivity index (χ3n) is 1.76. The highest BCUT2D eigenvalue weighted by atomic mass is 16.7. The molecule has 86 valence electrons. The van der Waals surface area contributed by atoms with Crippen LogP contribution in [0.1, 0.15) is 33.6 Å². The lowest BCUT2D eigenvalue weighted by Crippen LogP contribution is -2.21. The third kappa shape index (κ3) is 7.88. The molecule has 0 spiro atoms. The lowest BCUT2D eigenvalue weighted by molar-refractivity contribution is -0.0933. The molecule has 0 aromatic rings. The summed E-state index contributed by atoms with van der Waals surface area (Å²) in [4.78, 5) is 9.42. The van der Waals surface area contributed by atoms with Crippen LogP contribution in [0.2, 0.25) is 0 Å². The smallest absolute Gasteiger partial charge is 0.117 e. The van der Waals surface area contributed by atoms with E-state index in [1.807, 2.05) is 20.9 Å². The van der Waals surface area contributed by atoms with Crippen LogP contribution in [0.15, 0.2) is 17.3 Å². The normalized spacial score (nSPS) is 11.7. The first-order chi connectivity index (χ1) is 6.95. The Morgan fingerprint density at radius 1 is 1.47 bits per heavy atom. The molecule has 0 aromatic heterocycles. The number of amidine groups is 1. The number of allylic oxidation sites excluding steroid dienone is 1. The van der Waals surface area contributed by atoms with Gasteiger partial charge < -0.3 is 4.84 Å². The Kier molecular flexibility index (Phi) is 6.62. The fourth-order valence-corrected chi connectivity index (χ4v) is 1.15. The number of hydrogen-bond donors (Lipinski definition) is 1. The molecule has 0 aliphatic carbocycles. The Morgan fingerprint density at radius 3 is 2.47 bits per heavy atom. The summed E-state index contributed by atoms with van der Waals surface area (Å²) in [5, 5.41) is 9.01. The Balaban J connectivity index is 4.01. The summed E-state index contributed by atoms with van der Waals surface area (Å²) >= 11 is 0. The van der Waals surface area contributed by atoms with Crippen LogP contribution >= 0.6 is 0 Å². The van der Waals surface area contributed by atoms with Crippen molar-refractivity contribution in [3.05, 3.63) is 12.3 Å². The van der Waals surface area contributed by atoms with E-state index in [0.29, 0.717) is 11.6 Å². The monoisotopic (exact) mass is 211 g/mol. The van der Waals surface area contributed by atoms with E-state index < -0.39 is 0 Å². The molecule has 0 heterocycles. The highest BCUT2D eigenvalue weighted by molar-refractivity contribution is 5.95. The molecular weight excluding hydrogens is 190 g/mol. The molecule has 15 heavy (non-hydrogen) atoms. The molecule has 0 saturated carbocycles. The zero-order chi connectivity index (χ0) is 11.8. The molecule has 0 aromatic carbocycles. The molecular formula is C11H21N3O. The molecule has 0 atom stereocenters. The van der Waals surface area contributed by atoms with Crippen LogP contribution in [0.3, 0.4) is 0 Å². The van der Waals surface area contributed by atoms with Crippen molar-refractivity contribution in [2.45, 2.75) is 33.6 Å². The van der Waals surface area contributed by atoms with E-state index in [4.69, 9.17) is 10.2 Å². The fraction of sp³-hybridized carbons (Fsp3) is 0.636. The highest BCUT2D eigenvalue weighted by Gasteiger charge is 2.02. The van der Waals surface area contributed by atoms with Crippen molar-refractivity contribution in [2.24, 2.45) is 4.99 Å². The first-order valence-corrected chi connectivity index (χ1v) is 5.12. The van der Waals surface area contributed by atoms with Crippen molar-refractivity contribution in [3.63, 3.8) is 0 Å². The van der Waals surface area contributed by atoms with Crippen LogP contribution in [-0.4, -0.2) is 30.2 Å². The van der Waals surface area contributed by atoms with Crippen molar-refractivity contribution in [2.75, 3.05) is 13.6 Å². The van der Waals surface area contributed by atoms with Crippen LogP contribution in [0.5, 0.6) is 0 Å². The number of nitrogens with zero attached hydrogens (tertiary/aromatic N) is 2. The maximum atomic E-state index is 7.28. The van der Waals surface area contributed by atoms with E-state index in [2.05, 4.69) is 11.6 Å². The first-order valence-electron chi connectivity index (χ1n) is 5.12. The average molecular weight is 211 g/mol. The summed E-state index contributed by atoms with van der Waals surface area (Å²) in [7, 11) is 1.86.